The fourth-order valence-electron chi connectivity index (χ4n) is 1.90. The van der Waals surface area contributed by atoms with E-state index < -0.39 is 15.5 Å². The zero-order valence-electron chi connectivity index (χ0n) is 12.4. The number of phenolic OH excluding ortho intramolecular Hbond substituents is 1. The van der Waals surface area contributed by atoms with Gasteiger partial charge in [0, 0.05) is 12.1 Å². The van der Waals surface area contributed by atoms with Crippen LogP contribution in [0.1, 0.15) is 5.56 Å². The molecule has 0 atom stereocenters. The van der Waals surface area contributed by atoms with Gasteiger partial charge in [0.1, 0.15) is 0 Å². The molecule has 0 heterocycles. The lowest BCUT2D eigenvalue weighted by atomic mass is 10.1. The first-order valence-corrected chi connectivity index (χ1v) is 6.52. The number of hydrazone groups is 1. The van der Waals surface area contributed by atoms with Gasteiger partial charge in [-0.05, 0) is 24.3 Å². The van der Waals surface area contributed by atoms with E-state index in [1.165, 1.54) is 49.7 Å². The quantitative estimate of drug-likeness (QED) is 0.470. The van der Waals surface area contributed by atoms with Crippen molar-refractivity contribution in [2.75, 3.05) is 12.5 Å². The van der Waals surface area contributed by atoms with Crippen LogP contribution in [0.25, 0.3) is 0 Å². The number of hydrogen-bond donors (Lipinski definition) is 2. The van der Waals surface area contributed by atoms with Crippen LogP contribution in [0.2, 0.25) is 0 Å². The van der Waals surface area contributed by atoms with Crippen molar-refractivity contribution in [1.29, 1.82) is 0 Å². The molecular formula is C14H12N4O6. The second-order valence-corrected chi connectivity index (χ2v) is 4.49. The van der Waals surface area contributed by atoms with Crippen molar-refractivity contribution in [2.24, 2.45) is 5.10 Å². The molecular weight excluding hydrogens is 320 g/mol. The number of nitro groups is 2. The van der Waals surface area contributed by atoms with Crippen LogP contribution in [0.5, 0.6) is 11.5 Å². The minimum atomic E-state index is -0.689. The van der Waals surface area contributed by atoms with Gasteiger partial charge in [0.15, 0.2) is 5.75 Å². The van der Waals surface area contributed by atoms with Crippen molar-refractivity contribution in [1.82, 2.24) is 0 Å². The van der Waals surface area contributed by atoms with Gasteiger partial charge in [-0.25, -0.2) is 0 Å². The maximum Gasteiger partial charge on any atom is 0.323 e. The number of non-ortho nitro benzene ring substituents is 1. The second-order valence-electron chi connectivity index (χ2n) is 4.49. The van der Waals surface area contributed by atoms with Gasteiger partial charge in [-0.3, -0.25) is 25.7 Å². The van der Waals surface area contributed by atoms with Gasteiger partial charge in [0.25, 0.3) is 5.69 Å². The third kappa shape index (κ3) is 3.55. The summed E-state index contributed by atoms with van der Waals surface area (Å²) in [5.74, 6) is -0.621. The van der Waals surface area contributed by atoms with Crippen LogP contribution in [0.15, 0.2) is 41.5 Å². The maximum atomic E-state index is 11.2. The number of hydrogen-bond acceptors (Lipinski definition) is 8. The highest BCUT2D eigenvalue weighted by molar-refractivity contribution is 5.88. The Hall–Kier alpha value is -3.69. The first kappa shape index (κ1) is 16.7. The predicted molar refractivity (Wildman–Crippen MR) is 85.6 cm³/mol. The van der Waals surface area contributed by atoms with Crippen LogP contribution in [0, 0.1) is 20.2 Å². The van der Waals surface area contributed by atoms with Crippen LogP contribution < -0.4 is 10.2 Å². The molecule has 0 saturated carbocycles. The second kappa shape index (κ2) is 7.05. The number of nitrogens with one attached hydrogen (secondary N) is 1. The average Bonchev–Trinajstić information content (AvgIpc) is 2.56. The van der Waals surface area contributed by atoms with E-state index in [2.05, 4.69) is 10.5 Å². The van der Waals surface area contributed by atoms with Crippen molar-refractivity contribution in [3.05, 3.63) is 62.2 Å². The lowest BCUT2D eigenvalue weighted by Crippen LogP contribution is -2.00. The first-order valence-electron chi connectivity index (χ1n) is 6.52. The van der Waals surface area contributed by atoms with Gasteiger partial charge in [0.2, 0.25) is 5.75 Å². The summed E-state index contributed by atoms with van der Waals surface area (Å²) in [6.45, 7) is 0. The number of nitrogens with zero attached hydrogens (tertiary/aromatic N) is 3. The molecule has 0 fully saturated rings. The van der Waals surface area contributed by atoms with Crippen molar-refractivity contribution < 1.29 is 19.7 Å². The normalized spacial score (nSPS) is 10.5. The number of nitro benzene ring substituents is 2. The third-order valence-corrected chi connectivity index (χ3v) is 3.00. The summed E-state index contributed by atoms with van der Waals surface area (Å²) < 4.78 is 4.84. The van der Waals surface area contributed by atoms with Crippen molar-refractivity contribution >= 4 is 23.3 Å². The Morgan fingerprint density at radius 3 is 2.33 bits per heavy atom. The van der Waals surface area contributed by atoms with Gasteiger partial charge < -0.3 is 9.84 Å². The number of methoxy groups -OCH3 is 1. The van der Waals surface area contributed by atoms with E-state index in [9.17, 15) is 25.3 Å². The van der Waals surface area contributed by atoms with Crippen molar-refractivity contribution in [3.63, 3.8) is 0 Å². The van der Waals surface area contributed by atoms with Crippen LogP contribution in [0.3, 0.4) is 0 Å². The monoisotopic (exact) mass is 332 g/mol. The molecule has 10 nitrogen and oxygen atoms in total. The van der Waals surface area contributed by atoms with Crippen LogP contribution in [0.4, 0.5) is 17.1 Å². The van der Waals surface area contributed by atoms with E-state index in [0.717, 1.165) is 0 Å². The number of rotatable bonds is 6. The molecule has 0 aliphatic heterocycles. The molecule has 0 unspecified atom stereocenters. The van der Waals surface area contributed by atoms with Crippen molar-refractivity contribution in [2.45, 2.75) is 0 Å². The molecule has 0 saturated heterocycles. The van der Waals surface area contributed by atoms with E-state index in [4.69, 9.17) is 4.74 Å². The Labute approximate surface area is 135 Å². The predicted octanol–water partition coefficient (Wildman–Crippen LogP) is 2.66. The standard InChI is InChI=1S/C14H12N4O6/c1-24-14-12(19)7-2-9(13(14)18(22)23)8-15-16-10-3-5-11(6-4-10)17(20)21/h2-8,16,19H,1H3/b15-8-. The largest absolute Gasteiger partial charge is 0.504 e. The van der Waals surface area contributed by atoms with Crippen LogP contribution in [-0.4, -0.2) is 28.3 Å². The van der Waals surface area contributed by atoms with E-state index in [-0.39, 0.29) is 22.7 Å². The molecule has 0 bridgehead atoms. The van der Waals surface area contributed by atoms with E-state index in [1.54, 1.807) is 0 Å². The fourth-order valence-corrected chi connectivity index (χ4v) is 1.90. The number of benzene rings is 2. The topological polar surface area (TPSA) is 140 Å². The molecule has 0 aliphatic carbocycles. The molecule has 2 N–H and O–H groups in total. The lowest BCUT2D eigenvalue weighted by molar-refractivity contribution is -0.386. The average molecular weight is 332 g/mol. The smallest absolute Gasteiger partial charge is 0.323 e. The molecule has 2 aromatic rings. The SMILES string of the molecule is COc1c(O)ccc(/C=N\Nc2ccc([N+](=O)[O-])cc2)c1[N+](=O)[O-]. The van der Waals surface area contributed by atoms with Gasteiger partial charge in [-0.15, -0.1) is 0 Å². The first-order chi connectivity index (χ1) is 11.4. The highest BCUT2D eigenvalue weighted by Gasteiger charge is 2.23. The molecule has 124 valence electrons. The molecule has 0 amide bonds. The minimum Gasteiger partial charge on any atom is -0.504 e. The highest BCUT2D eigenvalue weighted by atomic mass is 16.6. The number of phenols is 1. The zero-order valence-corrected chi connectivity index (χ0v) is 12.4. The number of aromatic hydroxyl groups is 1. The molecule has 0 radical (unpaired) electrons. The van der Waals surface area contributed by atoms with E-state index in [1.807, 2.05) is 0 Å². The summed E-state index contributed by atoms with van der Waals surface area (Å²) >= 11 is 0. The van der Waals surface area contributed by atoms with Gasteiger partial charge in [-0.1, -0.05) is 0 Å². The Morgan fingerprint density at radius 2 is 1.79 bits per heavy atom. The van der Waals surface area contributed by atoms with Crippen LogP contribution >= 0.6 is 0 Å². The molecule has 0 aromatic heterocycles. The lowest BCUT2D eigenvalue weighted by Gasteiger charge is -2.06. The molecule has 24 heavy (non-hydrogen) atoms. The molecule has 2 rings (SSSR count). The summed E-state index contributed by atoms with van der Waals surface area (Å²) in [6.07, 6.45) is 1.18. The summed E-state index contributed by atoms with van der Waals surface area (Å²) in [5.41, 5.74) is 2.69. The Morgan fingerprint density at radius 1 is 1.12 bits per heavy atom. The van der Waals surface area contributed by atoms with E-state index >= 15 is 0 Å². The summed E-state index contributed by atoms with van der Waals surface area (Å²) in [4.78, 5) is 20.5. The van der Waals surface area contributed by atoms with Crippen LogP contribution in [-0.2, 0) is 0 Å². The number of ether oxygens (including phenoxy) is 1. The summed E-state index contributed by atoms with van der Waals surface area (Å²) in [5, 5.41) is 35.2. The van der Waals surface area contributed by atoms with Gasteiger partial charge in [0.05, 0.1) is 34.4 Å². The maximum absolute atomic E-state index is 11.2. The Kier molecular flexibility index (Phi) is 4.90. The van der Waals surface area contributed by atoms with E-state index in [0.29, 0.717) is 5.69 Å². The summed E-state index contributed by atoms with van der Waals surface area (Å²) in [6, 6.07) is 8.05. The zero-order chi connectivity index (χ0) is 17.7. The number of anilines is 1. The van der Waals surface area contributed by atoms with Gasteiger partial charge >= 0.3 is 5.69 Å². The molecule has 10 heteroatoms. The van der Waals surface area contributed by atoms with Crippen molar-refractivity contribution in [3.8, 4) is 11.5 Å². The molecule has 0 aliphatic rings. The van der Waals surface area contributed by atoms with Gasteiger partial charge in [-0.2, -0.15) is 5.10 Å². The summed E-state index contributed by atoms with van der Waals surface area (Å²) in [7, 11) is 1.21. The Balaban J connectivity index is 2.23. The molecule has 2 aromatic carbocycles. The minimum absolute atomic E-state index is 0.0663. The molecule has 0 spiro atoms. The Bertz CT molecular complexity index is 804. The fraction of sp³-hybridized carbons (Fsp3) is 0.0714. The third-order valence-electron chi connectivity index (χ3n) is 3.00. The highest BCUT2D eigenvalue weighted by Crippen LogP contribution is 2.37.